The number of esters is 1. The van der Waals surface area contributed by atoms with E-state index >= 15 is 0 Å². The Kier molecular flexibility index (Phi) is 8.76. The first-order valence-corrected chi connectivity index (χ1v) is 13.6. The Morgan fingerprint density at radius 1 is 1.10 bits per heavy atom. The Morgan fingerprint density at radius 2 is 1.90 bits per heavy atom. The molecule has 1 N–H and O–H groups in total. The molecule has 10 heteroatoms. The van der Waals surface area contributed by atoms with Gasteiger partial charge in [0.1, 0.15) is 23.8 Å². The molecule has 0 aliphatic rings. The lowest BCUT2D eigenvalue weighted by Crippen LogP contribution is -2.33. The fraction of sp³-hybridized carbons (Fsp3) is 0.310. The zero-order chi connectivity index (χ0) is 28.2. The van der Waals surface area contributed by atoms with Crippen molar-refractivity contribution in [2.75, 3.05) is 6.61 Å². The van der Waals surface area contributed by atoms with Crippen LogP contribution in [0.2, 0.25) is 0 Å². The highest BCUT2D eigenvalue weighted by Gasteiger charge is 2.20. The van der Waals surface area contributed by atoms with Crippen LogP contribution >= 0.6 is 0 Å². The van der Waals surface area contributed by atoms with Gasteiger partial charge in [-0.05, 0) is 81.3 Å². The Morgan fingerprint density at radius 3 is 2.64 bits per heavy atom. The second-order valence-corrected chi connectivity index (χ2v) is 11.9. The summed E-state index contributed by atoms with van der Waals surface area (Å²) in [6.45, 7) is 7.90. The summed E-state index contributed by atoms with van der Waals surface area (Å²) in [5, 5.41) is 0.541. The SMILES string of the molecule is CCOC(=O)Cc1cc(F)ccc1OCc1cc(-c2ccnc(CN[S@@](=O)C(C)(C)C)c2)c2oc(F)cc2c1. The number of carbonyl (C=O) groups is 1. The number of carbonyl (C=O) groups excluding carboxylic acids is 1. The molecular formula is C29H30F2N2O5S. The van der Waals surface area contributed by atoms with Crippen LogP contribution in [0.25, 0.3) is 22.1 Å². The van der Waals surface area contributed by atoms with Crippen LogP contribution in [0.5, 0.6) is 5.75 Å². The number of ether oxygens (including phenoxy) is 2. The van der Waals surface area contributed by atoms with E-state index in [-0.39, 0.29) is 26.2 Å². The second-order valence-electron chi connectivity index (χ2n) is 9.87. The van der Waals surface area contributed by atoms with Crippen LogP contribution in [-0.2, 0) is 40.1 Å². The van der Waals surface area contributed by atoms with Crippen LogP contribution < -0.4 is 9.46 Å². The van der Waals surface area contributed by atoms with E-state index in [2.05, 4.69) is 9.71 Å². The molecule has 1 atom stereocenters. The minimum Gasteiger partial charge on any atom is -0.489 e. The summed E-state index contributed by atoms with van der Waals surface area (Å²) in [6.07, 6.45) is 1.49. The van der Waals surface area contributed by atoms with Gasteiger partial charge in [-0.3, -0.25) is 9.78 Å². The molecule has 2 aromatic heterocycles. The molecule has 0 aliphatic carbocycles. The summed E-state index contributed by atoms with van der Waals surface area (Å²) in [7, 11) is -1.27. The number of nitrogens with one attached hydrogen (secondary N) is 1. The van der Waals surface area contributed by atoms with E-state index in [9.17, 15) is 17.8 Å². The Balaban J connectivity index is 1.61. The number of hydrogen-bond donors (Lipinski definition) is 1. The molecule has 0 aliphatic heterocycles. The van der Waals surface area contributed by atoms with Crippen LogP contribution in [-0.4, -0.2) is 26.5 Å². The number of rotatable bonds is 10. The van der Waals surface area contributed by atoms with Gasteiger partial charge < -0.3 is 13.9 Å². The zero-order valence-corrected chi connectivity index (χ0v) is 23.0. The number of nitrogens with zero attached hydrogens (tertiary/aromatic N) is 1. The Bertz CT molecular complexity index is 1510. The fourth-order valence-electron chi connectivity index (χ4n) is 3.94. The van der Waals surface area contributed by atoms with Crippen molar-refractivity contribution in [1.29, 1.82) is 0 Å². The largest absolute Gasteiger partial charge is 0.489 e. The average Bonchev–Trinajstić information content (AvgIpc) is 3.26. The Labute approximate surface area is 228 Å². The van der Waals surface area contributed by atoms with Gasteiger partial charge in [-0.15, -0.1) is 0 Å². The maximum atomic E-state index is 14.1. The van der Waals surface area contributed by atoms with Gasteiger partial charge in [0.05, 0.1) is 41.0 Å². The van der Waals surface area contributed by atoms with Crippen LogP contribution in [0, 0.1) is 11.8 Å². The zero-order valence-electron chi connectivity index (χ0n) is 22.2. The van der Waals surface area contributed by atoms with Crippen LogP contribution in [0.4, 0.5) is 8.78 Å². The molecule has 0 fully saturated rings. The summed E-state index contributed by atoms with van der Waals surface area (Å²) in [6, 6.07) is 11.7. The number of pyridine rings is 1. The van der Waals surface area contributed by atoms with Gasteiger partial charge in [-0.2, -0.15) is 4.39 Å². The van der Waals surface area contributed by atoms with Crippen LogP contribution in [0.3, 0.4) is 0 Å². The summed E-state index contributed by atoms with van der Waals surface area (Å²) in [4.78, 5) is 16.3. The normalized spacial score (nSPS) is 12.5. The number of hydrogen-bond acceptors (Lipinski definition) is 6. The van der Waals surface area contributed by atoms with Crippen molar-refractivity contribution in [3.05, 3.63) is 83.4 Å². The number of fused-ring (bicyclic) bond motifs is 1. The molecule has 0 saturated heterocycles. The number of furan rings is 1. The molecule has 4 rings (SSSR count). The van der Waals surface area contributed by atoms with E-state index in [0.29, 0.717) is 39.1 Å². The van der Waals surface area contributed by atoms with Crippen LogP contribution in [0.15, 0.2) is 59.1 Å². The summed E-state index contributed by atoms with van der Waals surface area (Å²) in [5.74, 6) is -0.637. The number of benzene rings is 2. The molecule has 0 saturated carbocycles. The van der Waals surface area contributed by atoms with Crippen LogP contribution in [0.1, 0.15) is 44.5 Å². The number of halogens is 2. The quantitative estimate of drug-likeness (QED) is 0.241. The van der Waals surface area contributed by atoms with Crippen molar-refractivity contribution in [3.63, 3.8) is 0 Å². The van der Waals surface area contributed by atoms with Gasteiger partial charge in [-0.25, -0.2) is 13.3 Å². The van der Waals surface area contributed by atoms with Gasteiger partial charge in [-0.1, -0.05) is 0 Å². The second kappa shape index (κ2) is 12.0. The molecule has 0 unspecified atom stereocenters. The first-order valence-electron chi connectivity index (χ1n) is 12.4. The molecule has 0 amide bonds. The standard InChI is InChI=1S/C29H30F2N2O5S/c1-5-36-27(34)15-20-12-22(30)6-7-25(20)37-17-18-10-21-14-26(31)38-28(21)24(11-18)19-8-9-32-23(13-19)16-33-39(35)29(2,3)4/h6-14,33H,5,15-17H2,1-4H3/t39-/m0/s1. The Hall–Kier alpha value is -3.63. The summed E-state index contributed by atoms with van der Waals surface area (Å²) in [5.41, 5.74) is 3.44. The molecule has 7 nitrogen and oxygen atoms in total. The smallest absolute Gasteiger partial charge is 0.310 e. The van der Waals surface area contributed by atoms with Gasteiger partial charge in [0, 0.05) is 28.8 Å². The molecule has 0 bridgehead atoms. The topological polar surface area (TPSA) is 90.7 Å². The van der Waals surface area contributed by atoms with Crippen molar-refractivity contribution in [3.8, 4) is 16.9 Å². The predicted molar refractivity (Wildman–Crippen MR) is 145 cm³/mol. The lowest BCUT2D eigenvalue weighted by Gasteiger charge is -2.18. The van der Waals surface area contributed by atoms with E-state index in [4.69, 9.17) is 13.9 Å². The average molecular weight is 557 g/mol. The first kappa shape index (κ1) is 28.4. The lowest BCUT2D eigenvalue weighted by molar-refractivity contribution is -0.142. The van der Waals surface area contributed by atoms with Crippen molar-refractivity contribution < 1.29 is 31.7 Å². The first-order chi connectivity index (χ1) is 18.5. The third-order valence-electron chi connectivity index (χ3n) is 5.77. The molecular weight excluding hydrogens is 526 g/mol. The summed E-state index contributed by atoms with van der Waals surface area (Å²) >= 11 is 0. The highest BCUT2D eigenvalue weighted by molar-refractivity contribution is 7.84. The maximum Gasteiger partial charge on any atom is 0.310 e. The summed E-state index contributed by atoms with van der Waals surface area (Å²) < 4.78 is 59.3. The monoisotopic (exact) mass is 556 g/mol. The highest BCUT2D eigenvalue weighted by Crippen LogP contribution is 2.33. The number of aromatic nitrogens is 1. The third kappa shape index (κ3) is 7.27. The van der Waals surface area contributed by atoms with Gasteiger partial charge in [0.2, 0.25) is 0 Å². The van der Waals surface area contributed by atoms with Crippen molar-refractivity contribution in [1.82, 2.24) is 9.71 Å². The lowest BCUT2D eigenvalue weighted by atomic mass is 10.0. The van der Waals surface area contributed by atoms with Crippen molar-refractivity contribution >= 4 is 27.9 Å². The molecule has 4 aromatic rings. The van der Waals surface area contributed by atoms with E-state index in [1.807, 2.05) is 32.9 Å². The van der Waals surface area contributed by atoms with Gasteiger partial charge in [0.15, 0.2) is 0 Å². The third-order valence-corrected chi connectivity index (χ3v) is 7.29. The molecule has 0 radical (unpaired) electrons. The molecule has 2 heterocycles. The van der Waals surface area contributed by atoms with E-state index < -0.39 is 33.5 Å². The minimum atomic E-state index is -1.27. The van der Waals surface area contributed by atoms with E-state index in [1.54, 1.807) is 25.3 Å². The van der Waals surface area contributed by atoms with E-state index in [0.717, 1.165) is 5.56 Å². The van der Waals surface area contributed by atoms with Gasteiger partial charge >= 0.3 is 5.97 Å². The van der Waals surface area contributed by atoms with Gasteiger partial charge in [0.25, 0.3) is 6.01 Å². The van der Waals surface area contributed by atoms with Crippen molar-refractivity contribution in [2.45, 2.75) is 52.0 Å². The predicted octanol–water partition coefficient (Wildman–Crippen LogP) is 6.01. The van der Waals surface area contributed by atoms with E-state index in [1.165, 1.54) is 24.3 Å². The maximum absolute atomic E-state index is 14.1. The van der Waals surface area contributed by atoms with Crippen molar-refractivity contribution in [2.24, 2.45) is 0 Å². The fourth-order valence-corrected chi connectivity index (χ4v) is 4.65. The highest BCUT2D eigenvalue weighted by atomic mass is 32.2. The molecule has 39 heavy (non-hydrogen) atoms. The molecule has 2 aromatic carbocycles. The minimum absolute atomic E-state index is 0.0707. The molecule has 206 valence electrons. The molecule has 0 spiro atoms.